The molecule has 0 atom stereocenters. The van der Waals surface area contributed by atoms with Gasteiger partial charge in [0.1, 0.15) is 0 Å². The molecule has 0 saturated heterocycles. The Labute approximate surface area is 91.0 Å². The maximum atomic E-state index is 11.4. The molecule has 0 bridgehead atoms. The Morgan fingerprint density at radius 1 is 1.44 bits per heavy atom. The number of hydrogen-bond donors (Lipinski definition) is 0. The van der Waals surface area contributed by atoms with Gasteiger partial charge in [0.25, 0.3) is 5.69 Å². The summed E-state index contributed by atoms with van der Waals surface area (Å²) in [5, 5.41) is 10.5. The lowest BCUT2D eigenvalue weighted by Crippen LogP contribution is -2.11. The quantitative estimate of drug-likeness (QED) is 0.332. The van der Waals surface area contributed by atoms with Crippen LogP contribution in [0.25, 0.3) is 0 Å². The highest BCUT2D eigenvalue weighted by atomic mass is 16.6. The molecule has 0 aliphatic carbocycles. The van der Waals surface area contributed by atoms with Gasteiger partial charge in [-0.1, -0.05) is 12.1 Å². The second kappa shape index (κ2) is 5.01. The Hall–Kier alpha value is -2.24. The van der Waals surface area contributed by atoms with E-state index in [2.05, 4.69) is 4.74 Å². The summed E-state index contributed by atoms with van der Waals surface area (Å²) in [6.07, 6.45) is 0. The fourth-order valence-electron chi connectivity index (χ4n) is 1.04. The Morgan fingerprint density at radius 3 is 2.69 bits per heavy atom. The highest BCUT2D eigenvalue weighted by molar-refractivity contribution is 5.98. The standard InChI is InChI=1S/C10H9NO5/c1-7(12)16-6-10(13)8-3-2-4-9(5-8)11(14)15/h2-5H,6H2,1H3. The number of Topliss-reactive ketones (excluding diaryl/α,β-unsaturated/α-hetero) is 1. The van der Waals surface area contributed by atoms with Crippen molar-refractivity contribution in [2.45, 2.75) is 6.92 Å². The number of rotatable bonds is 4. The van der Waals surface area contributed by atoms with Gasteiger partial charge in [0, 0.05) is 24.6 Å². The summed E-state index contributed by atoms with van der Waals surface area (Å²) in [5.41, 5.74) is -0.0240. The fourth-order valence-corrected chi connectivity index (χ4v) is 1.04. The monoisotopic (exact) mass is 223 g/mol. The molecule has 6 heteroatoms. The van der Waals surface area contributed by atoms with Crippen molar-refractivity contribution in [3.8, 4) is 0 Å². The lowest BCUT2D eigenvalue weighted by molar-refractivity contribution is -0.384. The van der Waals surface area contributed by atoms with Crippen LogP contribution in [0.5, 0.6) is 0 Å². The Morgan fingerprint density at radius 2 is 2.12 bits per heavy atom. The number of nitro groups is 1. The van der Waals surface area contributed by atoms with Gasteiger partial charge in [0.2, 0.25) is 5.78 Å². The summed E-state index contributed by atoms with van der Waals surface area (Å²) in [5.74, 6) is -1.04. The summed E-state index contributed by atoms with van der Waals surface area (Å²) in [6.45, 7) is 0.775. The average molecular weight is 223 g/mol. The highest BCUT2D eigenvalue weighted by Gasteiger charge is 2.12. The van der Waals surface area contributed by atoms with Crippen LogP contribution in [-0.2, 0) is 9.53 Å². The highest BCUT2D eigenvalue weighted by Crippen LogP contribution is 2.13. The van der Waals surface area contributed by atoms with E-state index in [1.54, 1.807) is 0 Å². The van der Waals surface area contributed by atoms with Crippen LogP contribution in [0.3, 0.4) is 0 Å². The van der Waals surface area contributed by atoms with Crippen LogP contribution < -0.4 is 0 Å². The molecule has 0 radical (unpaired) electrons. The molecular weight excluding hydrogens is 214 g/mol. The molecular formula is C10H9NO5. The maximum Gasteiger partial charge on any atom is 0.303 e. The Bertz CT molecular complexity index is 441. The van der Waals surface area contributed by atoms with Gasteiger partial charge >= 0.3 is 5.97 Å². The summed E-state index contributed by atoms with van der Waals surface area (Å²) in [4.78, 5) is 31.8. The van der Waals surface area contributed by atoms with Crippen molar-refractivity contribution in [2.75, 3.05) is 6.61 Å². The van der Waals surface area contributed by atoms with E-state index < -0.39 is 23.3 Å². The SMILES string of the molecule is CC(=O)OCC(=O)c1cccc([N+](=O)[O-])c1. The lowest BCUT2D eigenvalue weighted by Gasteiger charge is -2.01. The van der Waals surface area contributed by atoms with E-state index in [9.17, 15) is 19.7 Å². The average Bonchev–Trinajstić information content (AvgIpc) is 2.26. The number of carbonyl (C=O) groups excluding carboxylic acids is 2. The van der Waals surface area contributed by atoms with Gasteiger partial charge in [-0.25, -0.2) is 0 Å². The van der Waals surface area contributed by atoms with Crippen molar-refractivity contribution in [3.05, 3.63) is 39.9 Å². The van der Waals surface area contributed by atoms with Crippen molar-refractivity contribution in [2.24, 2.45) is 0 Å². The minimum Gasteiger partial charge on any atom is -0.457 e. The molecule has 0 N–H and O–H groups in total. The molecule has 1 rings (SSSR count). The summed E-state index contributed by atoms with van der Waals surface area (Å²) < 4.78 is 4.50. The Balaban J connectivity index is 2.79. The van der Waals surface area contributed by atoms with E-state index in [-0.39, 0.29) is 11.3 Å². The molecule has 0 heterocycles. The molecule has 0 aromatic heterocycles. The van der Waals surface area contributed by atoms with Crippen LogP contribution in [0.2, 0.25) is 0 Å². The number of nitrogens with zero attached hydrogens (tertiary/aromatic N) is 1. The number of ether oxygens (including phenoxy) is 1. The molecule has 84 valence electrons. The summed E-state index contributed by atoms with van der Waals surface area (Å²) >= 11 is 0. The van der Waals surface area contributed by atoms with Crippen LogP contribution in [0.15, 0.2) is 24.3 Å². The van der Waals surface area contributed by atoms with Crippen LogP contribution in [0.1, 0.15) is 17.3 Å². The third-order valence-electron chi connectivity index (χ3n) is 1.79. The lowest BCUT2D eigenvalue weighted by atomic mass is 10.1. The second-order valence-corrected chi connectivity index (χ2v) is 3.01. The topological polar surface area (TPSA) is 86.5 Å². The number of esters is 1. The molecule has 6 nitrogen and oxygen atoms in total. The number of benzene rings is 1. The molecule has 0 saturated carbocycles. The molecule has 1 aromatic rings. The molecule has 0 spiro atoms. The van der Waals surface area contributed by atoms with Gasteiger partial charge in [0.15, 0.2) is 6.61 Å². The first kappa shape index (κ1) is 11.8. The van der Waals surface area contributed by atoms with E-state index in [1.807, 2.05) is 0 Å². The van der Waals surface area contributed by atoms with Gasteiger partial charge in [-0.3, -0.25) is 19.7 Å². The van der Waals surface area contributed by atoms with Crippen molar-refractivity contribution in [1.29, 1.82) is 0 Å². The van der Waals surface area contributed by atoms with Crippen molar-refractivity contribution in [3.63, 3.8) is 0 Å². The minimum atomic E-state index is -0.595. The van der Waals surface area contributed by atoms with Crippen LogP contribution >= 0.6 is 0 Å². The second-order valence-electron chi connectivity index (χ2n) is 3.01. The number of hydrogen-bond acceptors (Lipinski definition) is 5. The predicted octanol–water partition coefficient (Wildman–Crippen LogP) is 1.34. The van der Waals surface area contributed by atoms with Gasteiger partial charge in [0.05, 0.1) is 4.92 Å². The fraction of sp³-hybridized carbons (Fsp3) is 0.200. The number of non-ortho nitro benzene ring substituents is 1. The van der Waals surface area contributed by atoms with E-state index in [4.69, 9.17) is 0 Å². The minimum absolute atomic E-state index is 0.149. The maximum absolute atomic E-state index is 11.4. The van der Waals surface area contributed by atoms with Gasteiger partial charge in [-0.2, -0.15) is 0 Å². The van der Waals surface area contributed by atoms with Gasteiger partial charge < -0.3 is 4.74 Å². The van der Waals surface area contributed by atoms with Gasteiger partial charge in [-0.15, -0.1) is 0 Å². The van der Waals surface area contributed by atoms with E-state index in [0.29, 0.717) is 0 Å². The zero-order chi connectivity index (χ0) is 12.1. The largest absolute Gasteiger partial charge is 0.457 e. The number of nitro benzene ring substituents is 1. The van der Waals surface area contributed by atoms with Crippen molar-refractivity contribution in [1.82, 2.24) is 0 Å². The summed E-state index contributed by atoms with van der Waals surface area (Å²) in [6, 6.07) is 5.26. The summed E-state index contributed by atoms with van der Waals surface area (Å²) in [7, 11) is 0. The molecule has 0 fully saturated rings. The van der Waals surface area contributed by atoms with Crippen LogP contribution in [-0.4, -0.2) is 23.3 Å². The third-order valence-corrected chi connectivity index (χ3v) is 1.79. The zero-order valence-electron chi connectivity index (χ0n) is 8.50. The molecule has 0 aliphatic heterocycles. The number of ketones is 1. The predicted molar refractivity (Wildman–Crippen MR) is 54.1 cm³/mol. The third kappa shape index (κ3) is 3.16. The van der Waals surface area contributed by atoms with Crippen LogP contribution in [0, 0.1) is 10.1 Å². The smallest absolute Gasteiger partial charge is 0.303 e. The number of carbonyl (C=O) groups is 2. The molecule has 0 aliphatic rings. The first-order valence-corrected chi connectivity index (χ1v) is 4.41. The Kier molecular flexibility index (Phi) is 3.71. The zero-order valence-corrected chi connectivity index (χ0v) is 8.50. The van der Waals surface area contributed by atoms with Crippen molar-refractivity contribution >= 4 is 17.4 Å². The molecule has 1 aromatic carbocycles. The molecule has 0 amide bonds. The van der Waals surface area contributed by atoms with Crippen molar-refractivity contribution < 1.29 is 19.2 Å². The van der Waals surface area contributed by atoms with E-state index in [0.717, 1.165) is 6.07 Å². The van der Waals surface area contributed by atoms with E-state index in [1.165, 1.54) is 25.1 Å². The normalized spacial score (nSPS) is 9.56. The van der Waals surface area contributed by atoms with E-state index >= 15 is 0 Å². The first-order chi connectivity index (χ1) is 7.50. The van der Waals surface area contributed by atoms with Crippen LogP contribution in [0.4, 0.5) is 5.69 Å². The first-order valence-electron chi connectivity index (χ1n) is 4.41. The van der Waals surface area contributed by atoms with Gasteiger partial charge in [-0.05, 0) is 0 Å². The molecule has 16 heavy (non-hydrogen) atoms. The molecule has 0 unspecified atom stereocenters.